The molecule has 140 valence electrons. The Bertz CT molecular complexity index is 646. The second-order valence-electron chi connectivity index (χ2n) is 7.41. The molecule has 0 aromatic heterocycles. The van der Waals surface area contributed by atoms with Gasteiger partial charge in [-0.15, -0.1) is 0 Å². The van der Waals surface area contributed by atoms with Crippen molar-refractivity contribution in [3.05, 3.63) is 32.3 Å². The van der Waals surface area contributed by atoms with E-state index in [4.69, 9.17) is 16.3 Å². The minimum Gasteiger partial charge on any atom is -0.478 e. The fourth-order valence-electron chi connectivity index (χ4n) is 3.02. The smallest absolute Gasteiger partial charge is 0.336 e. The van der Waals surface area contributed by atoms with Crippen LogP contribution in [0.4, 0.5) is 0 Å². The minimum atomic E-state index is -0.995. The number of carbonyl (C=O) groups is 1. The van der Waals surface area contributed by atoms with Crippen molar-refractivity contribution >= 4 is 33.5 Å². The van der Waals surface area contributed by atoms with Gasteiger partial charge in [0.05, 0.1) is 23.8 Å². The number of aromatic carboxylic acids is 1. The largest absolute Gasteiger partial charge is 0.478 e. The quantitative estimate of drug-likeness (QED) is 0.741. The summed E-state index contributed by atoms with van der Waals surface area (Å²) in [6, 6.07) is 1.71. The Labute approximate surface area is 162 Å². The predicted octanol–water partition coefficient (Wildman–Crippen LogP) is 3.70. The maximum Gasteiger partial charge on any atom is 0.336 e. The number of rotatable bonds is 5. The van der Waals surface area contributed by atoms with Gasteiger partial charge in [0.15, 0.2) is 0 Å². The molecule has 7 heteroatoms. The van der Waals surface area contributed by atoms with E-state index in [9.17, 15) is 9.90 Å². The topological polar surface area (TPSA) is 61.8 Å². The zero-order valence-electron chi connectivity index (χ0n) is 15.2. The summed E-state index contributed by atoms with van der Waals surface area (Å²) in [6.45, 7) is 12.1. The molecule has 1 atom stereocenters. The fraction of sp³-hybridized carbons (Fsp3) is 0.611. The third kappa shape index (κ3) is 5.17. The molecule has 2 rings (SSSR count). The van der Waals surface area contributed by atoms with E-state index in [-0.39, 0.29) is 23.8 Å². The molecule has 1 saturated heterocycles. The van der Waals surface area contributed by atoms with E-state index in [1.165, 1.54) is 6.07 Å². The lowest BCUT2D eigenvalue weighted by Crippen LogP contribution is -2.57. The SMILES string of the molecule is Cc1c(Br)c(Cl)cc(C(=O)O)c1COC[C@H]1CN(C(C)(C)C)CCN1. The third-order valence-corrected chi connectivity index (χ3v) is 6.14. The number of piperazine rings is 1. The van der Waals surface area contributed by atoms with Crippen molar-refractivity contribution in [2.24, 2.45) is 0 Å². The van der Waals surface area contributed by atoms with E-state index in [1.807, 2.05) is 6.92 Å². The van der Waals surface area contributed by atoms with Crippen LogP contribution in [0.1, 0.15) is 42.3 Å². The van der Waals surface area contributed by atoms with Crippen LogP contribution in [0, 0.1) is 6.92 Å². The summed E-state index contributed by atoms with van der Waals surface area (Å²) in [5, 5.41) is 13.3. The summed E-state index contributed by atoms with van der Waals surface area (Å²) in [7, 11) is 0. The molecule has 0 spiro atoms. The summed E-state index contributed by atoms with van der Waals surface area (Å²) in [4.78, 5) is 13.9. The average Bonchev–Trinajstić information content (AvgIpc) is 2.54. The van der Waals surface area contributed by atoms with Gasteiger partial charge in [0.1, 0.15) is 0 Å². The fourth-order valence-corrected chi connectivity index (χ4v) is 3.62. The van der Waals surface area contributed by atoms with Gasteiger partial charge in [0.2, 0.25) is 0 Å². The van der Waals surface area contributed by atoms with E-state index in [0.717, 1.165) is 25.2 Å². The molecule has 0 bridgehead atoms. The monoisotopic (exact) mass is 432 g/mol. The minimum absolute atomic E-state index is 0.133. The van der Waals surface area contributed by atoms with E-state index < -0.39 is 5.97 Å². The van der Waals surface area contributed by atoms with Gasteiger partial charge in [-0.1, -0.05) is 11.6 Å². The maximum atomic E-state index is 11.5. The van der Waals surface area contributed by atoms with Crippen LogP contribution in [0.25, 0.3) is 0 Å². The highest BCUT2D eigenvalue weighted by Gasteiger charge is 2.27. The molecule has 0 radical (unpaired) electrons. The van der Waals surface area contributed by atoms with Crippen molar-refractivity contribution in [1.29, 1.82) is 0 Å². The Morgan fingerprint density at radius 2 is 2.20 bits per heavy atom. The van der Waals surface area contributed by atoms with Gasteiger partial charge in [0, 0.05) is 35.7 Å². The Balaban J connectivity index is 2.02. The van der Waals surface area contributed by atoms with Crippen molar-refractivity contribution in [3.8, 4) is 0 Å². The van der Waals surface area contributed by atoms with Crippen molar-refractivity contribution in [1.82, 2.24) is 10.2 Å². The van der Waals surface area contributed by atoms with Gasteiger partial charge >= 0.3 is 5.97 Å². The lowest BCUT2D eigenvalue weighted by molar-refractivity contribution is 0.0418. The van der Waals surface area contributed by atoms with Gasteiger partial charge in [0.25, 0.3) is 0 Å². The number of ether oxygens (including phenoxy) is 1. The van der Waals surface area contributed by atoms with Crippen LogP contribution < -0.4 is 5.32 Å². The molecular formula is C18H26BrClN2O3. The second-order valence-corrected chi connectivity index (χ2v) is 8.61. The molecule has 2 N–H and O–H groups in total. The molecule has 1 aliphatic rings. The molecule has 1 aromatic carbocycles. The van der Waals surface area contributed by atoms with Crippen LogP contribution in [-0.4, -0.2) is 53.8 Å². The van der Waals surface area contributed by atoms with Crippen molar-refractivity contribution in [3.63, 3.8) is 0 Å². The van der Waals surface area contributed by atoms with E-state index in [1.54, 1.807) is 0 Å². The third-order valence-electron chi connectivity index (χ3n) is 4.59. The summed E-state index contributed by atoms with van der Waals surface area (Å²) < 4.78 is 6.59. The molecule has 0 unspecified atom stereocenters. The number of carboxylic acids is 1. The number of benzene rings is 1. The molecule has 0 saturated carbocycles. The molecular weight excluding hydrogens is 408 g/mol. The van der Waals surface area contributed by atoms with Gasteiger partial charge in [-0.3, -0.25) is 4.90 Å². The number of halogens is 2. The van der Waals surface area contributed by atoms with Crippen LogP contribution >= 0.6 is 27.5 Å². The van der Waals surface area contributed by atoms with Crippen molar-refractivity contribution < 1.29 is 14.6 Å². The summed E-state index contributed by atoms with van der Waals surface area (Å²) in [5.41, 5.74) is 1.79. The standard InChI is InChI=1S/C18H26BrClN2O3/c1-11-14(13(17(23)24)7-15(20)16(11)19)10-25-9-12-8-22(6-5-21-12)18(2,3)4/h7,12,21H,5-6,8-10H2,1-4H3,(H,23,24)/t12-/m1/s1. The summed E-state index contributed by atoms with van der Waals surface area (Å²) in [5.74, 6) is -0.995. The van der Waals surface area contributed by atoms with Crippen LogP contribution in [0.5, 0.6) is 0 Å². The van der Waals surface area contributed by atoms with Crippen LogP contribution in [-0.2, 0) is 11.3 Å². The number of nitrogens with one attached hydrogen (secondary N) is 1. The molecule has 1 fully saturated rings. The average molecular weight is 434 g/mol. The van der Waals surface area contributed by atoms with Crippen molar-refractivity contribution in [2.75, 3.05) is 26.2 Å². The zero-order chi connectivity index (χ0) is 18.8. The normalized spacial score (nSPS) is 19.2. The number of hydrogen-bond donors (Lipinski definition) is 2. The van der Waals surface area contributed by atoms with Crippen LogP contribution in [0.2, 0.25) is 5.02 Å². The van der Waals surface area contributed by atoms with Crippen LogP contribution in [0.15, 0.2) is 10.5 Å². The second kappa shape index (κ2) is 8.35. The molecule has 0 aliphatic carbocycles. The number of nitrogens with zero attached hydrogens (tertiary/aromatic N) is 1. The lowest BCUT2D eigenvalue weighted by Gasteiger charge is -2.42. The highest BCUT2D eigenvalue weighted by molar-refractivity contribution is 9.10. The van der Waals surface area contributed by atoms with E-state index in [0.29, 0.717) is 21.7 Å². The van der Waals surface area contributed by atoms with Gasteiger partial charge in [-0.25, -0.2) is 4.79 Å². The lowest BCUT2D eigenvalue weighted by atomic mass is 10.0. The molecule has 1 aliphatic heterocycles. The van der Waals surface area contributed by atoms with Crippen molar-refractivity contribution in [2.45, 2.75) is 45.9 Å². The first kappa shape index (κ1) is 20.6. The highest BCUT2D eigenvalue weighted by Crippen LogP contribution is 2.32. The highest BCUT2D eigenvalue weighted by atomic mass is 79.9. The first-order valence-electron chi connectivity index (χ1n) is 8.38. The first-order chi connectivity index (χ1) is 11.6. The number of carboxylic acid groups (broad SMARTS) is 1. The van der Waals surface area contributed by atoms with Gasteiger partial charge in [-0.05, 0) is 60.8 Å². The Morgan fingerprint density at radius 3 is 2.80 bits per heavy atom. The predicted molar refractivity (Wildman–Crippen MR) is 104 cm³/mol. The Morgan fingerprint density at radius 1 is 1.52 bits per heavy atom. The molecule has 1 heterocycles. The van der Waals surface area contributed by atoms with Gasteiger partial charge < -0.3 is 15.2 Å². The molecule has 1 aromatic rings. The Kier molecular flexibility index (Phi) is 6.90. The maximum absolute atomic E-state index is 11.5. The van der Waals surface area contributed by atoms with E-state index >= 15 is 0 Å². The Hall–Kier alpha value is -0.660. The van der Waals surface area contributed by atoms with Crippen LogP contribution in [0.3, 0.4) is 0 Å². The number of hydrogen-bond acceptors (Lipinski definition) is 4. The first-order valence-corrected chi connectivity index (χ1v) is 9.55. The zero-order valence-corrected chi connectivity index (χ0v) is 17.5. The molecule has 5 nitrogen and oxygen atoms in total. The molecule has 0 amide bonds. The summed E-state index contributed by atoms with van der Waals surface area (Å²) in [6.07, 6.45) is 0. The summed E-state index contributed by atoms with van der Waals surface area (Å²) >= 11 is 9.50. The van der Waals surface area contributed by atoms with E-state index in [2.05, 4.69) is 46.9 Å². The molecule has 25 heavy (non-hydrogen) atoms. The van der Waals surface area contributed by atoms with Gasteiger partial charge in [-0.2, -0.15) is 0 Å².